The second-order valence-electron chi connectivity index (χ2n) is 6.01. The number of nitro groups is 1. The molecule has 0 unspecified atom stereocenters. The molecule has 3 aromatic rings. The van der Waals surface area contributed by atoms with Gasteiger partial charge in [0.25, 0.3) is 0 Å². The molecule has 0 fully saturated rings. The highest BCUT2D eigenvalue weighted by Gasteiger charge is 2.29. The summed E-state index contributed by atoms with van der Waals surface area (Å²) in [5.74, 6) is -0.571. The zero-order valence-corrected chi connectivity index (χ0v) is 15.1. The summed E-state index contributed by atoms with van der Waals surface area (Å²) in [6.45, 7) is 1.83. The van der Waals surface area contributed by atoms with Crippen molar-refractivity contribution in [1.29, 1.82) is 0 Å². The van der Waals surface area contributed by atoms with E-state index in [2.05, 4.69) is 5.32 Å². The van der Waals surface area contributed by atoms with Gasteiger partial charge in [-0.3, -0.25) is 10.1 Å². The lowest BCUT2D eigenvalue weighted by molar-refractivity contribution is -0.386. The highest BCUT2D eigenvalue weighted by atomic mass is 16.6. The van der Waals surface area contributed by atoms with Crippen molar-refractivity contribution in [3.8, 4) is 0 Å². The molecule has 1 atom stereocenters. The maximum atomic E-state index is 12.5. The van der Waals surface area contributed by atoms with Crippen LogP contribution in [-0.2, 0) is 16.0 Å². The second kappa shape index (κ2) is 8.34. The van der Waals surface area contributed by atoms with Crippen LogP contribution in [0.15, 0.2) is 63.8 Å². The van der Waals surface area contributed by atoms with Crippen LogP contribution in [-0.4, -0.2) is 23.5 Å². The maximum absolute atomic E-state index is 12.5. The van der Waals surface area contributed by atoms with Crippen LogP contribution >= 0.6 is 0 Å². The van der Waals surface area contributed by atoms with E-state index in [0.717, 1.165) is 5.56 Å². The van der Waals surface area contributed by atoms with Crippen molar-refractivity contribution in [1.82, 2.24) is 0 Å². The minimum Gasteiger partial charge on any atom is -0.464 e. The molecule has 0 saturated heterocycles. The molecule has 0 saturated carbocycles. The highest BCUT2D eigenvalue weighted by Crippen LogP contribution is 2.31. The Morgan fingerprint density at radius 2 is 1.86 bits per heavy atom. The summed E-state index contributed by atoms with van der Waals surface area (Å²) >= 11 is 0. The van der Waals surface area contributed by atoms with E-state index in [1.54, 1.807) is 25.1 Å². The van der Waals surface area contributed by atoms with E-state index in [1.807, 2.05) is 30.3 Å². The molecule has 0 bridgehead atoms. The van der Waals surface area contributed by atoms with Crippen molar-refractivity contribution in [3.63, 3.8) is 0 Å². The Kier molecular flexibility index (Phi) is 5.69. The first-order chi connectivity index (χ1) is 13.5. The van der Waals surface area contributed by atoms with Gasteiger partial charge in [0.05, 0.1) is 11.5 Å². The van der Waals surface area contributed by atoms with Crippen LogP contribution in [0.25, 0.3) is 11.0 Å². The molecule has 0 amide bonds. The molecule has 0 spiro atoms. The minimum absolute atomic E-state index is 0.0640. The number of rotatable bonds is 7. The van der Waals surface area contributed by atoms with Crippen LogP contribution < -0.4 is 10.9 Å². The number of nitrogens with zero attached hydrogens (tertiary/aromatic N) is 1. The van der Waals surface area contributed by atoms with E-state index < -0.39 is 28.2 Å². The SMILES string of the molecule is CCOC(=O)[C@H](Cc1ccccc1)Nc1c([N+](=O)[O-])c(=O)oc2ccccc12. The van der Waals surface area contributed by atoms with Gasteiger partial charge >= 0.3 is 17.3 Å². The van der Waals surface area contributed by atoms with Gasteiger partial charge in [-0.1, -0.05) is 42.5 Å². The number of hydrogen-bond acceptors (Lipinski definition) is 7. The Morgan fingerprint density at radius 3 is 2.54 bits per heavy atom. The predicted octanol–water partition coefficient (Wildman–Crippen LogP) is 3.29. The van der Waals surface area contributed by atoms with Crippen LogP contribution in [0.5, 0.6) is 0 Å². The number of nitrogens with one attached hydrogen (secondary N) is 1. The summed E-state index contributed by atoms with van der Waals surface area (Å²) < 4.78 is 10.2. The number of para-hydroxylation sites is 1. The summed E-state index contributed by atoms with van der Waals surface area (Å²) in [5.41, 5.74) is -0.883. The molecule has 2 aromatic carbocycles. The first-order valence-corrected chi connectivity index (χ1v) is 8.68. The molecular formula is C20H18N2O6. The van der Waals surface area contributed by atoms with Gasteiger partial charge in [-0.2, -0.15) is 0 Å². The second-order valence-corrected chi connectivity index (χ2v) is 6.01. The average molecular weight is 382 g/mol. The molecule has 0 radical (unpaired) electrons. The molecule has 0 aliphatic rings. The van der Waals surface area contributed by atoms with Crippen molar-refractivity contribution < 1.29 is 18.9 Å². The van der Waals surface area contributed by atoms with Crippen LogP contribution in [0.1, 0.15) is 12.5 Å². The van der Waals surface area contributed by atoms with E-state index in [1.165, 1.54) is 6.07 Å². The summed E-state index contributed by atoms with van der Waals surface area (Å²) in [6, 6.07) is 14.7. The lowest BCUT2D eigenvalue weighted by Crippen LogP contribution is -2.34. The topological polar surface area (TPSA) is 112 Å². The van der Waals surface area contributed by atoms with E-state index in [0.29, 0.717) is 5.39 Å². The van der Waals surface area contributed by atoms with Crippen molar-refractivity contribution in [2.75, 3.05) is 11.9 Å². The number of anilines is 1. The standard InChI is InChI=1S/C20H18N2O6/c1-2-27-19(23)15(12-13-8-4-3-5-9-13)21-17-14-10-6-7-11-16(14)28-20(24)18(17)22(25)26/h3-11,15,21H,2,12H2,1H3/t15-/m0/s1. The normalized spacial score (nSPS) is 11.8. The molecule has 0 aliphatic carbocycles. The molecule has 8 nitrogen and oxygen atoms in total. The number of carbonyl (C=O) groups is 1. The fourth-order valence-electron chi connectivity index (χ4n) is 2.91. The Bertz CT molecular complexity index is 1060. The lowest BCUT2D eigenvalue weighted by Gasteiger charge is -2.19. The smallest absolute Gasteiger partial charge is 0.417 e. The first-order valence-electron chi connectivity index (χ1n) is 8.68. The van der Waals surface area contributed by atoms with Crippen molar-refractivity contribution in [3.05, 3.63) is 80.7 Å². The molecule has 1 N–H and O–H groups in total. The van der Waals surface area contributed by atoms with Gasteiger partial charge in [0.1, 0.15) is 17.3 Å². The monoisotopic (exact) mass is 382 g/mol. The average Bonchev–Trinajstić information content (AvgIpc) is 2.68. The van der Waals surface area contributed by atoms with Crippen molar-refractivity contribution in [2.24, 2.45) is 0 Å². The Balaban J connectivity index is 2.10. The van der Waals surface area contributed by atoms with Gasteiger partial charge in [-0.15, -0.1) is 0 Å². The summed E-state index contributed by atoms with van der Waals surface area (Å²) in [6.07, 6.45) is 0.228. The molecule has 144 valence electrons. The van der Waals surface area contributed by atoms with Gasteiger partial charge < -0.3 is 14.5 Å². The minimum atomic E-state index is -1.09. The fraction of sp³-hybridized carbons (Fsp3) is 0.200. The molecular weight excluding hydrogens is 364 g/mol. The Labute approximate surface area is 159 Å². The Hall–Kier alpha value is -3.68. The van der Waals surface area contributed by atoms with E-state index in [9.17, 15) is 19.7 Å². The quantitative estimate of drug-likeness (QED) is 0.289. The molecule has 0 aliphatic heterocycles. The summed E-state index contributed by atoms with van der Waals surface area (Å²) in [7, 11) is 0. The highest BCUT2D eigenvalue weighted by molar-refractivity contribution is 5.96. The van der Waals surface area contributed by atoms with Crippen molar-refractivity contribution in [2.45, 2.75) is 19.4 Å². The molecule has 8 heteroatoms. The van der Waals surface area contributed by atoms with E-state index in [4.69, 9.17) is 9.15 Å². The number of ether oxygens (including phenoxy) is 1. The van der Waals surface area contributed by atoms with Gasteiger partial charge in [0, 0.05) is 11.8 Å². The van der Waals surface area contributed by atoms with Crippen molar-refractivity contribution >= 4 is 28.3 Å². The van der Waals surface area contributed by atoms with Gasteiger partial charge in [0.2, 0.25) is 0 Å². The van der Waals surface area contributed by atoms with Crippen LogP contribution in [0.2, 0.25) is 0 Å². The van der Waals surface area contributed by atoms with Crippen LogP contribution in [0.4, 0.5) is 11.4 Å². The number of benzene rings is 2. The molecule has 1 heterocycles. The Morgan fingerprint density at radius 1 is 1.18 bits per heavy atom. The third-order valence-electron chi connectivity index (χ3n) is 4.14. The molecule has 3 rings (SSSR count). The number of carbonyl (C=O) groups excluding carboxylic acids is 1. The molecule has 28 heavy (non-hydrogen) atoms. The first kappa shape index (κ1) is 19.1. The van der Waals surface area contributed by atoms with E-state index in [-0.39, 0.29) is 24.3 Å². The summed E-state index contributed by atoms with van der Waals surface area (Å²) in [4.78, 5) is 35.4. The fourth-order valence-corrected chi connectivity index (χ4v) is 2.91. The van der Waals surface area contributed by atoms with Crippen LogP contribution in [0.3, 0.4) is 0 Å². The molecule has 1 aromatic heterocycles. The van der Waals surface area contributed by atoms with Gasteiger partial charge in [0.15, 0.2) is 0 Å². The number of esters is 1. The number of fused-ring (bicyclic) bond motifs is 1. The lowest BCUT2D eigenvalue weighted by atomic mass is 10.0. The van der Waals surface area contributed by atoms with Gasteiger partial charge in [-0.25, -0.2) is 9.59 Å². The third-order valence-corrected chi connectivity index (χ3v) is 4.14. The van der Waals surface area contributed by atoms with E-state index >= 15 is 0 Å². The summed E-state index contributed by atoms with van der Waals surface area (Å²) in [5, 5.41) is 14.7. The number of hydrogen-bond donors (Lipinski definition) is 1. The zero-order chi connectivity index (χ0) is 20.1. The maximum Gasteiger partial charge on any atom is 0.417 e. The largest absolute Gasteiger partial charge is 0.464 e. The predicted molar refractivity (Wildman–Crippen MR) is 103 cm³/mol. The third kappa shape index (κ3) is 4.01. The zero-order valence-electron chi connectivity index (χ0n) is 15.1. The van der Waals surface area contributed by atoms with Gasteiger partial charge in [-0.05, 0) is 24.6 Å². The van der Waals surface area contributed by atoms with Crippen LogP contribution in [0, 0.1) is 10.1 Å².